The lowest BCUT2D eigenvalue weighted by Crippen LogP contribution is -2.18. The maximum atomic E-state index is 13.4. The van der Waals surface area contributed by atoms with Crippen LogP contribution in [-0.2, 0) is 22.8 Å². The van der Waals surface area contributed by atoms with Crippen molar-refractivity contribution in [3.8, 4) is 11.5 Å². The quantitative estimate of drug-likeness (QED) is 0.406. The van der Waals surface area contributed by atoms with Crippen molar-refractivity contribution in [3.63, 3.8) is 0 Å². The van der Waals surface area contributed by atoms with Crippen molar-refractivity contribution >= 4 is 20.9 Å². The number of fused-ring (bicyclic) bond motifs is 1. The number of nitrogens with zero attached hydrogens (tertiary/aromatic N) is 1. The Morgan fingerprint density at radius 3 is 2.30 bits per heavy atom. The summed E-state index contributed by atoms with van der Waals surface area (Å²) in [5.41, 5.74) is -1.91. The van der Waals surface area contributed by atoms with Crippen LogP contribution in [-0.4, -0.2) is 19.7 Å². The van der Waals surface area contributed by atoms with Gasteiger partial charge in [-0.2, -0.15) is 21.6 Å². The summed E-state index contributed by atoms with van der Waals surface area (Å²) in [5.74, 6) is 0.194. The number of methoxy groups -OCH3 is 1. The van der Waals surface area contributed by atoms with E-state index in [0.717, 1.165) is 29.8 Å². The summed E-state index contributed by atoms with van der Waals surface area (Å²) in [5, 5.41) is -0.202. The van der Waals surface area contributed by atoms with E-state index in [2.05, 4.69) is 0 Å². The standard InChI is InChI=1S/C22H16F3NO6S/c1-30-18-12-17-15(11-19(18)31-13-14-7-3-2-4-8-14)21(27)32-26(17)33(28,29)20-10-6-5-9-16(20)22(23,24)25/h2-12H,13H2,1H3. The molecule has 33 heavy (non-hydrogen) atoms. The van der Waals surface area contributed by atoms with Crippen molar-refractivity contribution in [2.45, 2.75) is 17.7 Å². The zero-order valence-corrected chi connectivity index (χ0v) is 17.8. The van der Waals surface area contributed by atoms with Gasteiger partial charge in [0.25, 0.3) is 10.0 Å². The number of halogens is 3. The number of ether oxygens (including phenoxy) is 2. The van der Waals surface area contributed by atoms with Crippen molar-refractivity contribution in [1.82, 2.24) is 4.15 Å². The highest BCUT2D eigenvalue weighted by molar-refractivity contribution is 7.90. The third kappa shape index (κ3) is 4.19. The van der Waals surface area contributed by atoms with Gasteiger partial charge in [0.1, 0.15) is 17.0 Å². The second kappa shape index (κ2) is 8.32. The molecule has 3 aromatic carbocycles. The maximum Gasteiger partial charge on any atom is 0.417 e. The number of benzene rings is 3. The molecular formula is C22H16F3NO6S. The first-order valence-corrected chi connectivity index (χ1v) is 10.9. The fourth-order valence-corrected chi connectivity index (χ4v) is 4.71. The molecule has 0 fully saturated rings. The lowest BCUT2D eigenvalue weighted by Gasteiger charge is -2.14. The van der Waals surface area contributed by atoms with Crippen LogP contribution in [0.3, 0.4) is 0 Å². The Bertz CT molecular complexity index is 1470. The number of alkyl halides is 3. The largest absolute Gasteiger partial charge is 0.493 e. The molecule has 0 bridgehead atoms. The first-order chi connectivity index (χ1) is 15.6. The molecular weight excluding hydrogens is 463 g/mol. The Labute approximate surface area is 185 Å². The van der Waals surface area contributed by atoms with Crippen molar-refractivity contribution in [2.24, 2.45) is 0 Å². The third-order valence-electron chi connectivity index (χ3n) is 4.79. The van der Waals surface area contributed by atoms with Crippen molar-refractivity contribution < 1.29 is 35.6 Å². The molecule has 0 aliphatic carbocycles. The Morgan fingerprint density at radius 1 is 0.970 bits per heavy atom. The van der Waals surface area contributed by atoms with E-state index in [1.54, 1.807) is 0 Å². The summed E-state index contributed by atoms with van der Waals surface area (Å²) in [6.45, 7) is 0.131. The van der Waals surface area contributed by atoms with Crippen molar-refractivity contribution in [3.05, 3.63) is 88.3 Å². The summed E-state index contributed by atoms with van der Waals surface area (Å²) in [7, 11) is -3.62. The van der Waals surface area contributed by atoms with Crippen LogP contribution in [0.25, 0.3) is 10.9 Å². The minimum atomic E-state index is -4.94. The summed E-state index contributed by atoms with van der Waals surface area (Å²) < 4.78 is 82.4. The molecule has 1 heterocycles. The Kier molecular flexibility index (Phi) is 5.66. The lowest BCUT2D eigenvalue weighted by atomic mass is 10.2. The monoisotopic (exact) mass is 479 g/mol. The van der Waals surface area contributed by atoms with Gasteiger partial charge in [0.15, 0.2) is 11.5 Å². The van der Waals surface area contributed by atoms with E-state index in [-0.39, 0.29) is 33.2 Å². The molecule has 0 amide bonds. The highest BCUT2D eigenvalue weighted by atomic mass is 32.2. The first kappa shape index (κ1) is 22.5. The predicted molar refractivity (Wildman–Crippen MR) is 112 cm³/mol. The second-order valence-corrected chi connectivity index (χ2v) is 8.62. The number of aromatic nitrogens is 1. The van der Waals surface area contributed by atoms with Gasteiger partial charge >= 0.3 is 11.8 Å². The van der Waals surface area contributed by atoms with Crippen LogP contribution in [0.2, 0.25) is 0 Å². The van der Waals surface area contributed by atoms with E-state index in [1.807, 2.05) is 30.3 Å². The van der Waals surface area contributed by atoms with Crippen LogP contribution in [0.1, 0.15) is 11.1 Å². The average molecular weight is 479 g/mol. The minimum absolute atomic E-state index is 0.0623. The zero-order chi connectivity index (χ0) is 23.8. The maximum absolute atomic E-state index is 13.4. The zero-order valence-electron chi connectivity index (χ0n) is 17.0. The summed E-state index contributed by atoms with van der Waals surface area (Å²) in [6, 6.07) is 15.1. The summed E-state index contributed by atoms with van der Waals surface area (Å²) in [4.78, 5) is 11.4. The molecule has 0 spiro atoms. The topological polar surface area (TPSA) is 87.7 Å². The summed E-state index contributed by atoms with van der Waals surface area (Å²) in [6.07, 6.45) is -4.94. The van der Waals surface area contributed by atoms with Gasteiger partial charge in [-0.05, 0) is 17.7 Å². The molecule has 0 radical (unpaired) electrons. The Morgan fingerprint density at radius 2 is 1.64 bits per heavy atom. The molecule has 0 atom stereocenters. The lowest BCUT2D eigenvalue weighted by molar-refractivity contribution is -0.139. The molecule has 4 aromatic rings. The fourth-order valence-electron chi connectivity index (χ4n) is 3.24. The molecule has 0 aliphatic heterocycles. The van der Waals surface area contributed by atoms with Gasteiger partial charge in [-0.3, -0.25) is 0 Å². The molecule has 0 N–H and O–H groups in total. The van der Waals surface area contributed by atoms with E-state index < -0.39 is 32.3 Å². The SMILES string of the molecule is COc1cc2c(cc1OCc1ccccc1)c(=O)on2S(=O)(=O)c1ccccc1C(F)(F)F. The molecule has 0 saturated carbocycles. The molecule has 1 aromatic heterocycles. The molecule has 11 heteroatoms. The highest BCUT2D eigenvalue weighted by Gasteiger charge is 2.38. The normalized spacial score (nSPS) is 12.1. The molecule has 0 unspecified atom stereocenters. The number of rotatable bonds is 6. The molecule has 4 rings (SSSR count). The van der Waals surface area contributed by atoms with E-state index in [1.165, 1.54) is 13.2 Å². The summed E-state index contributed by atoms with van der Waals surface area (Å²) >= 11 is 0. The van der Waals surface area contributed by atoms with Crippen LogP contribution < -0.4 is 15.1 Å². The highest BCUT2D eigenvalue weighted by Crippen LogP contribution is 2.37. The van der Waals surface area contributed by atoms with Crippen molar-refractivity contribution in [2.75, 3.05) is 7.11 Å². The molecule has 7 nitrogen and oxygen atoms in total. The minimum Gasteiger partial charge on any atom is -0.493 e. The van der Waals surface area contributed by atoms with Gasteiger partial charge in [-0.1, -0.05) is 46.6 Å². The van der Waals surface area contributed by atoms with Crippen molar-refractivity contribution in [1.29, 1.82) is 0 Å². The van der Waals surface area contributed by atoms with E-state index >= 15 is 0 Å². The number of hydrogen-bond donors (Lipinski definition) is 0. The fraction of sp³-hybridized carbons (Fsp3) is 0.136. The smallest absolute Gasteiger partial charge is 0.417 e. The van der Waals surface area contributed by atoms with Crippen LogP contribution in [0.5, 0.6) is 11.5 Å². The van der Waals surface area contributed by atoms with Crippen LogP contribution in [0.4, 0.5) is 13.2 Å². The Balaban J connectivity index is 1.83. The van der Waals surface area contributed by atoms with Gasteiger partial charge in [-0.25, -0.2) is 4.79 Å². The van der Waals surface area contributed by atoms with Gasteiger partial charge < -0.3 is 14.0 Å². The van der Waals surface area contributed by atoms with E-state index in [4.69, 9.17) is 14.0 Å². The number of hydrogen-bond acceptors (Lipinski definition) is 6. The third-order valence-corrected chi connectivity index (χ3v) is 6.41. The van der Waals surface area contributed by atoms with Crippen LogP contribution >= 0.6 is 0 Å². The van der Waals surface area contributed by atoms with Crippen LogP contribution in [0, 0.1) is 0 Å². The first-order valence-electron chi connectivity index (χ1n) is 9.45. The molecule has 0 saturated heterocycles. The second-order valence-electron chi connectivity index (χ2n) is 6.90. The average Bonchev–Trinajstić information content (AvgIpc) is 3.13. The molecule has 0 aliphatic rings. The van der Waals surface area contributed by atoms with Crippen LogP contribution in [0.15, 0.2) is 80.9 Å². The predicted octanol–water partition coefficient (Wildman–Crippen LogP) is 4.44. The van der Waals surface area contributed by atoms with E-state index in [9.17, 15) is 26.4 Å². The van der Waals surface area contributed by atoms with Gasteiger partial charge in [0.05, 0.1) is 18.1 Å². The van der Waals surface area contributed by atoms with E-state index in [0.29, 0.717) is 6.07 Å². The van der Waals surface area contributed by atoms with Gasteiger partial charge in [0, 0.05) is 12.1 Å². The van der Waals surface area contributed by atoms with Gasteiger partial charge in [0.2, 0.25) is 0 Å². The van der Waals surface area contributed by atoms with Gasteiger partial charge in [-0.15, -0.1) is 0 Å². The molecule has 172 valence electrons. The Hall–Kier alpha value is -3.73.